The molecule has 0 spiro atoms. The van der Waals surface area contributed by atoms with E-state index in [-0.39, 0.29) is 17.8 Å². The standard InChI is InChI=1S/C19H14Br2O5/c1-24-13-3-4-14(17(9-13)25-2)16(22)7-11-5-10-6-12(20)8-15(21)18(10)26-19(11)23/h3-6,8-9H,7H2,1-2H3. The SMILES string of the molecule is COc1ccc(C(=O)Cc2cc3cc(Br)cc(Br)c3oc2=O)c(OC)c1. The summed E-state index contributed by atoms with van der Waals surface area (Å²) in [6, 6.07) is 10.2. The largest absolute Gasteiger partial charge is 0.497 e. The monoisotopic (exact) mass is 480 g/mol. The van der Waals surface area contributed by atoms with E-state index in [1.165, 1.54) is 14.2 Å². The molecule has 0 saturated heterocycles. The highest BCUT2D eigenvalue weighted by atomic mass is 79.9. The average Bonchev–Trinajstić information content (AvgIpc) is 2.62. The number of carbonyl (C=O) groups is 1. The predicted octanol–water partition coefficient (Wildman–Crippen LogP) is 4.76. The Morgan fingerprint density at radius 2 is 1.85 bits per heavy atom. The lowest BCUT2D eigenvalue weighted by atomic mass is 10.0. The summed E-state index contributed by atoms with van der Waals surface area (Å²) in [6.45, 7) is 0. The molecule has 1 heterocycles. The van der Waals surface area contributed by atoms with Crippen molar-refractivity contribution in [2.45, 2.75) is 6.42 Å². The summed E-state index contributed by atoms with van der Waals surface area (Å²) < 4.78 is 17.3. The molecule has 3 rings (SSSR count). The highest BCUT2D eigenvalue weighted by Gasteiger charge is 2.17. The summed E-state index contributed by atoms with van der Waals surface area (Å²) in [5.74, 6) is 0.730. The van der Waals surface area contributed by atoms with Crippen LogP contribution in [0.3, 0.4) is 0 Å². The van der Waals surface area contributed by atoms with Gasteiger partial charge in [-0.05, 0) is 46.3 Å². The van der Waals surface area contributed by atoms with Gasteiger partial charge in [0, 0.05) is 27.9 Å². The third-order valence-electron chi connectivity index (χ3n) is 3.88. The summed E-state index contributed by atoms with van der Waals surface area (Å²) in [4.78, 5) is 25.0. The predicted molar refractivity (Wildman–Crippen MR) is 105 cm³/mol. The quantitative estimate of drug-likeness (QED) is 0.388. The Kier molecular flexibility index (Phi) is 5.48. The molecular formula is C19H14Br2O5. The Morgan fingerprint density at radius 1 is 1.08 bits per heavy atom. The van der Waals surface area contributed by atoms with Gasteiger partial charge in [-0.2, -0.15) is 0 Å². The number of rotatable bonds is 5. The Labute approximate surface area is 166 Å². The van der Waals surface area contributed by atoms with Crippen molar-refractivity contribution >= 4 is 48.6 Å². The number of hydrogen-bond acceptors (Lipinski definition) is 5. The minimum atomic E-state index is -0.540. The van der Waals surface area contributed by atoms with Gasteiger partial charge < -0.3 is 13.9 Å². The molecule has 0 atom stereocenters. The van der Waals surface area contributed by atoms with Gasteiger partial charge in [0.15, 0.2) is 11.4 Å². The molecule has 0 fully saturated rings. The second-order valence-corrected chi connectivity index (χ2v) is 7.30. The minimum absolute atomic E-state index is 0.0922. The number of methoxy groups -OCH3 is 2. The van der Waals surface area contributed by atoms with Gasteiger partial charge in [-0.15, -0.1) is 0 Å². The topological polar surface area (TPSA) is 65.7 Å². The van der Waals surface area contributed by atoms with Crippen LogP contribution in [0.25, 0.3) is 11.0 Å². The molecule has 26 heavy (non-hydrogen) atoms. The van der Waals surface area contributed by atoms with Crippen molar-refractivity contribution in [2.75, 3.05) is 14.2 Å². The second kappa shape index (κ2) is 7.63. The molecule has 5 nitrogen and oxygen atoms in total. The molecule has 0 bridgehead atoms. The smallest absolute Gasteiger partial charge is 0.339 e. The first kappa shape index (κ1) is 18.7. The number of hydrogen-bond donors (Lipinski definition) is 0. The number of benzene rings is 2. The number of carbonyl (C=O) groups excluding carboxylic acids is 1. The lowest BCUT2D eigenvalue weighted by molar-refractivity contribution is 0.0989. The van der Waals surface area contributed by atoms with E-state index in [1.807, 2.05) is 6.07 Å². The molecule has 1 aromatic heterocycles. The molecule has 0 unspecified atom stereocenters. The average molecular weight is 482 g/mol. The van der Waals surface area contributed by atoms with Crippen molar-refractivity contribution in [1.82, 2.24) is 0 Å². The van der Waals surface area contributed by atoms with Gasteiger partial charge in [0.25, 0.3) is 0 Å². The van der Waals surface area contributed by atoms with Crippen LogP contribution in [0.2, 0.25) is 0 Å². The van der Waals surface area contributed by atoms with Crippen LogP contribution in [-0.4, -0.2) is 20.0 Å². The third-order valence-corrected chi connectivity index (χ3v) is 4.93. The first-order chi connectivity index (χ1) is 12.4. The number of ether oxygens (including phenoxy) is 2. The highest BCUT2D eigenvalue weighted by Crippen LogP contribution is 2.29. The number of halogens is 2. The van der Waals surface area contributed by atoms with E-state index in [4.69, 9.17) is 13.9 Å². The molecule has 0 saturated carbocycles. The van der Waals surface area contributed by atoms with E-state index in [0.717, 1.165) is 9.86 Å². The molecule has 0 aliphatic heterocycles. The van der Waals surface area contributed by atoms with E-state index in [1.54, 1.807) is 30.3 Å². The summed E-state index contributed by atoms with van der Waals surface area (Å²) in [6.07, 6.45) is -0.0922. The molecular weight excluding hydrogens is 468 g/mol. The lowest BCUT2D eigenvalue weighted by Crippen LogP contribution is -2.14. The van der Waals surface area contributed by atoms with Crippen molar-refractivity contribution in [3.8, 4) is 11.5 Å². The molecule has 3 aromatic rings. The van der Waals surface area contributed by atoms with Crippen LogP contribution in [0.1, 0.15) is 15.9 Å². The van der Waals surface area contributed by atoms with Crippen molar-refractivity contribution < 1.29 is 18.7 Å². The Bertz CT molecular complexity index is 1060. The highest BCUT2D eigenvalue weighted by molar-refractivity contribution is 9.11. The van der Waals surface area contributed by atoms with E-state index in [9.17, 15) is 9.59 Å². The van der Waals surface area contributed by atoms with Crippen molar-refractivity contribution in [3.05, 3.63) is 66.9 Å². The summed E-state index contributed by atoms with van der Waals surface area (Å²) in [5, 5.41) is 0.718. The van der Waals surface area contributed by atoms with Gasteiger partial charge in [-0.25, -0.2) is 4.79 Å². The zero-order valence-electron chi connectivity index (χ0n) is 14.0. The zero-order chi connectivity index (χ0) is 18.8. The van der Waals surface area contributed by atoms with Gasteiger partial charge in [-0.3, -0.25) is 4.79 Å². The molecule has 0 N–H and O–H groups in total. The van der Waals surface area contributed by atoms with Crippen molar-refractivity contribution in [1.29, 1.82) is 0 Å². The molecule has 134 valence electrons. The molecule has 0 aliphatic rings. The Hall–Kier alpha value is -2.12. The van der Waals surface area contributed by atoms with Crippen LogP contribution in [-0.2, 0) is 6.42 Å². The normalized spacial score (nSPS) is 10.8. The Balaban J connectivity index is 2.00. The Morgan fingerprint density at radius 3 is 2.54 bits per heavy atom. The van der Waals surface area contributed by atoms with Crippen LogP contribution in [0.5, 0.6) is 11.5 Å². The van der Waals surface area contributed by atoms with Crippen LogP contribution in [0, 0.1) is 0 Å². The molecule has 0 amide bonds. The zero-order valence-corrected chi connectivity index (χ0v) is 17.1. The first-order valence-corrected chi connectivity index (χ1v) is 9.18. The first-order valence-electron chi connectivity index (χ1n) is 7.60. The van der Waals surface area contributed by atoms with Crippen LogP contribution in [0.4, 0.5) is 0 Å². The van der Waals surface area contributed by atoms with Gasteiger partial charge >= 0.3 is 5.63 Å². The summed E-state index contributed by atoms with van der Waals surface area (Å²) >= 11 is 6.77. The summed E-state index contributed by atoms with van der Waals surface area (Å²) in [5.41, 5.74) is 0.561. The van der Waals surface area contributed by atoms with E-state index in [0.29, 0.717) is 27.1 Å². The molecule has 0 radical (unpaired) electrons. The van der Waals surface area contributed by atoms with Gasteiger partial charge in [0.05, 0.1) is 24.3 Å². The van der Waals surface area contributed by atoms with Crippen molar-refractivity contribution in [2.24, 2.45) is 0 Å². The lowest BCUT2D eigenvalue weighted by Gasteiger charge is -2.10. The molecule has 7 heteroatoms. The van der Waals surface area contributed by atoms with Crippen molar-refractivity contribution in [3.63, 3.8) is 0 Å². The van der Waals surface area contributed by atoms with Gasteiger partial charge in [0.1, 0.15) is 11.5 Å². The number of Topliss-reactive ketones (excluding diaryl/α,β-unsaturated/α-hetero) is 1. The maximum absolute atomic E-state index is 12.7. The van der Waals surface area contributed by atoms with Crippen LogP contribution >= 0.6 is 31.9 Å². The maximum atomic E-state index is 12.7. The second-order valence-electron chi connectivity index (χ2n) is 5.53. The summed E-state index contributed by atoms with van der Waals surface area (Å²) in [7, 11) is 3.01. The molecule has 0 aliphatic carbocycles. The molecule has 2 aromatic carbocycles. The maximum Gasteiger partial charge on any atom is 0.339 e. The number of fused-ring (bicyclic) bond motifs is 1. The van der Waals surface area contributed by atoms with Gasteiger partial charge in [0.2, 0.25) is 0 Å². The number of ketones is 1. The van der Waals surface area contributed by atoms with Crippen LogP contribution < -0.4 is 15.1 Å². The fraction of sp³-hybridized carbons (Fsp3) is 0.158. The van der Waals surface area contributed by atoms with Crippen LogP contribution in [0.15, 0.2) is 54.6 Å². The fourth-order valence-corrected chi connectivity index (χ4v) is 3.96. The third kappa shape index (κ3) is 3.68. The fourth-order valence-electron chi connectivity index (χ4n) is 2.62. The minimum Gasteiger partial charge on any atom is -0.497 e. The van der Waals surface area contributed by atoms with E-state index in [2.05, 4.69) is 31.9 Å². The van der Waals surface area contributed by atoms with E-state index >= 15 is 0 Å². The van der Waals surface area contributed by atoms with E-state index < -0.39 is 5.63 Å². The van der Waals surface area contributed by atoms with Gasteiger partial charge in [-0.1, -0.05) is 15.9 Å².